The lowest BCUT2D eigenvalue weighted by molar-refractivity contribution is -0.151. The molecule has 1 saturated heterocycles. The molecular weight excluding hydrogens is 548 g/mol. The minimum atomic E-state index is -0.575. The second-order valence-corrected chi connectivity index (χ2v) is 12.1. The molecule has 0 bridgehead atoms. The van der Waals surface area contributed by atoms with E-state index in [1.54, 1.807) is 14.2 Å². The van der Waals surface area contributed by atoms with Crippen LogP contribution in [-0.4, -0.2) is 85.5 Å². The third-order valence-corrected chi connectivity index (χ3v) is 8.42. The number of hydrogen-bond donors (Lipinski definition) is 1. The van der Waals surface area contributed by atoms with Crippen LogP contribution >= 0.6 is 0 Å². The fourth-order valence-corrected chi connectivity index (χ4v) is 6.06. The number of anilines is 1. The van der Waals surface area contributed by atoms with Crippen LogP contribution in [0.3, 0.4) is 0 Å². The Bertz CT molecular complexity index is 1140. The normalized spacial score (nSPS) is 20.4. The van der Waals surface area contributed by atoms with Gasteiger partial charge >= 0.3 is 5.97 Å². The van der Waals surface area contributed by atoms with Crippen molar-refractivity contribution in [2.24, 2.45) is 5.41 Å². The zero-order valence-electron chi connectivity index (χ0n) is 26.6. The Hall–Kier alpha value is -2.69. The van der Waals surface area contributed by atoms with Crippen molar-refractivity contribution in [3.05, 3.63) is 59.2 Å². The number of ether oxygens (including phenoxy) is 6. The summed E-state index contributed by atoms with van der Waals surface area (Å²) in [5, 5.41) is 3.67. The maximum absolute atomic E-state index is 12.4. The molecule has 238 valence electrons. The van der Waals surface area contributed by atoms with Gasteiger partial charge in [-0.2, -0.15) is 0 Å². The summed E-state index contributed by atoms with van der Waals surface area (Å²) in [7, 11) is 4.87. The summed E-state index contributed by atoms with van der Waals surface area (Å²) in [4.78, 5) is 14.8. The largest absolute Gasteiger partial charge is 0.490 e. The smallest absolute Gasteiger partial charge is 0.311 e. The van der Waals surface area contributed by atoms with Crippen LogP contribution in [0, 0.1) is 5.41 Å². The van der Waals surface area contributed by atoms with E-state index in [0.717, 1.165) is 55.1 Å². The SMILES string of the molecule is COCCCN1CCOc2ccc(CO[C@H]3CN[C@@H](CC(C)(C)C(=O)OC)C[C@@H]3c3ccc(COCCOC)cc3)cc21. The van der Waals surface area contributed by atoms with Crippen molar-refractivity contribution in [2.75, 3.05) is 72.3 Å². The summed E-state index contributed by atoms with van der Waals surface area (Å²) in [6.07, 6.45) is 2.50. The average Bonchev–Trinajstić information content (AvgIpc) is 3.02. The van der Waals surface area contributed by atoms with E-state index in [2.05, 4.69) is 52.7 Å². The topological polar surface area (TPSA) is 87.7 Å². The molecule has 2 aromatic carbocycles. The van der Waals surface area contributed by atoms with Gasteiger partial charge in [-0.05, 0) is 61.9 Å². The van der Waals surface area contributed by atoms with Gasteiger partial charge in [-0.3, -0.25) is 4.79 Å². The quantitative estimate of drug-likeness (QED) is 0.218. The molecule has 2 heterocycles. The Balaban J connectivity index is 1.46. The van der Waals surface area contributed by atoms with Gasteiger partial charge in [-0.15, -0.1) is 0 Å². The van der Waals surface area contributed by atoms with Gasteiger partial charge in [0.25, 0.3) is 0 Å². The molecule has 0 unspecified atom stereocenters. The summed E-state index contributed by atoms with van der Waals surface area (Å²) in [6, 6.07) is 15.2. The summed E-state index contributed by atoms with van der Waals surface area (Å²) in [6.45, 7) is 10.0. The van der Waals surface area contributed by atoms with Crippen LogP contribution in [0.15, 0.2) is 42.5 Å². The Morgan fingerprint density at radius 1 is 1.00 bits per heavy atom. The highest BCUT2D eigenvalue weighted by Crippen LogP contribution is 2.37. The van der Waals surface area contributed by atoms with E-state index in [1.165, 1.54) is 12.7 Å². The summed E-state index contributed by atoms with van der Waals surface area (Å²) in [5.41, 5.74) is 4.03. The highest BCUT2D eigenvalue weighted by atomic mass is 16.5. The van der Waals surface area contributed by atoms with E-state index in [-0.39, 0.29) is 24.0 Å². The lowest BCUT2D eigenvalue weighted by atomic mass is 9.77. The third kappa shape index (κ3) is 9.40. The first kappa shape index (κ1) is 33.2. The molecule has 0 spiro atoms. The number of nitrogens with one attached hydrogen (secondary N) is 1. The first-order chi connectivity index (χ1) is 20.8. The van der Waals surface area contributed by atoms with Crippen molar-refractivity contribution in [1.29, 1.82) is 0 Å². The van der Waals surface area contributed by atoms with Crippen LogP contribution in [0.25, 0.3) is 0 Å². The highest BCUT2D eigenvalue weighted by Gasteiger charge is 2.38. The van der Waals surface area contributed by atoms with E-state index < -0.39 is 5.41 Å². The lowest BCUT2D eigenvalue weighted by Gasteiger charge is -2.39. The molecule has 0 aromatic heterocycles. The van der Waals surface area contributed by atoms with E-state index in [9.17, 15) is 4.79 Å². The molecule has 2 aliphatic heterocycles. The van der Waals surface area contributed by atoms with Crippen LogP contribution in [0.1, 0.15) is 55.7 Å². The van der Waals surface area contributed by atoms with E-state index >= 15 is 0 Å². The molecule has 0 radical (unpaired) electrons. The molecule has 9 heteroatoms. The molecule has 0 amide bonds. The zero-order valence-corrected chi connectivity index (χ0v) is 26.6. The second-order valence-electron chi connectivity index (χ2n) is 12.1. The second kappa shape index (κ2) is 16.4. The van der Waals surface area contributed by atoms with E-state index in [0.29, 0.717) is 46.0 Å². The predicted molar refractivity (Wildman–Crippen MR) is 167 cm³/mol. The van der Waals surface area contributed by atoms with Crippen LogP contribution in [0.5, 0.6) is 5.75 Å². The van der Waals surface area contributed by atoms with Crippen LogP contribution in [0.2, 0.25) is 0 Å². The van der Waals surface area contributed by atoms with Crippen molar-refractivity contribution in [2.45, 2.75) is 64.4 Å². The van der Waals surface area contributed by atoms with Crippen molar-refractivity contribution >= 4 is 11.7 Å². The molecule has 4 rings (SSSR count). The predicted octanol–water partition coefficient (Wildman–Crippen LogP) is 4.71. The number of nitrogens with zero attached hydrogens (tertiary/aromatic N) is 1. The van der Waals surface area contributed by atoms with Gasteiger partial charge in [0.15, 0.2) is 0 Å². The molecule has 0 aliphatic carbocycles. The number of rotatable bonds is 16. The number of benzene rings is 2. The first-order valence-electron chi connectivity index (χ1n) is 15.4. The molecule has 1 N–H and O–H groups in total. The number of hydrogen-bond acceptors (Lipinski definition) is 9. The number of fused-ring (bicyclic) bond motifs is 1. The molecular formula is C34H50N2O7. The first-order valence-corrected chi connectivity index (χ1v) is 15.4. The Labute approximate surface area is 257 Å². The van der Waals surface area contributed by atoms with Gasteiger partial charge in [0.2, 0.25) is 0 Å². The van der Waals surface area contributed by atoms with Gasteiger partial charge in [0, 0.05) is 45.9 Å². The molecule has 1 fully saturated rings. The number of piperidine rings is 1. The maximum Gasteiger partial charge on any atom is 0.311 e. The molecule has 3 atom stereocenters. The highest BCUT2D eigenvalue weighted by molar-refractivity contribution is 5.75. The summed E-state index contributed by atoms with van der Waals surface area (Å²) < 4.78 is 33.7. The Morgan fingerprint density at radius 2 is 1.77 bits per heavy atom. The minimum absolute atomic E-state index is 0.0219. The van der Waals surface area contributed by atoms with Crippen LogP contribution < -0.4 is 15.0 Å². The maximum atomic E-state index is 12.4. The van der Waals surface area contributed by atoms with Crippen molar-refractivity contribution < 1.29 is 33.2 Å². The monoisotopic (exact) mass is 598 g/mol. The van der Waals surface area contributed by atoms with Crippen molar-refractivity contribution in [3.63, 3.8) is 0 Å². The fraction of sp³-hybridized carbons (Fsp3) is 0.618. The Morgan fingerprint density at radius 3 is 2.51 bits per heavy atom. The van der Waals surface area contributed by atoms with Crippen molar-refractivity contribution in [1.82, 2.24) is 5.32 Å². The third-order valence-electron chi connectivity index (χ3n) is 8.42. The number of carbonyl (C=O) groups excluding carboxylic acids is 1. The van der Waals surface area contributed by atoms with Gasteiger partial charge in [0.1, 0.15) is 12.4 Å². The van der Waals surface area contributed by atoms with E-state index in [1.807, 2.05) is 13.8 Å². The minimum Gasteiger partial charge on any atom is -0.490 e. The van der Waals surface area contributed by atoms with Gasteiger partial charge in [-0.1, -0.05) is 30.3 Å². The number of carbonyl (C=O) groups is 1. The van der Waals surface area contributed by atoms with Gasteiger partial charge in [-0.25, -0.2) is 0 Å². The van der Waals surface area contributed by atoms with Gasteiger partial charge < -0.3 is 38.6 Å². The standard InChI is InChI=1S/C34H50N2O7/c1-34(2,33(37)40-5)21-28-20-29(27-10-7-25(8-11-27)23-41-18-17-39-4)32(22-35-28)43-24-26-9-12-31-30(19-26)36(14-16-42-31)13-6-15-38-3/h7-12,19,28-29,32,35H,6,13-18,20-24H2,1-5H3/t28-,29-,32+/m1/s1. The molecule has 2 aromatic rings. The van der Waals surface area contributed by atoms with E-state index in [4.69, 9.17) is 28.4 Å². The summed E-state index contributed by atoms with van der Waals surface area (Å²) >= 11 is 0. The molecule has 43 heavy (non-hydrogen) atoms. The molecule has 2 aliphatic rings. The fourth-order valence-electron chi connectivity index (χ4n) is 6.06. The van der Waals surface area contributed by atoms with Crippen LogP contribution in [0.4, 0.5) is 5.69 Å². The molecule has 9 nitrogen and oxygen atoms in total. The molecule has 0 saturated carbocycles. The van der Waals surface area contributed by atoms with Crippen LogP contribution in [-0.2, 0) is 41.7 Å². The summed E-state index contributed by atoms with van der Waals surface area (Å²) in [5.74, 6) is 0.913. The zero-order chi connectivity index (χ0) is 30.7. The number of esters is 1. The van der Waals surface area contributed by atoms with Crippen molar-refractivity contribution in [3.8, 4) is 5.75 Å². The Kier molecular flexibility index (Phi) is 12.7. The lowest BCUT2D eigenvalue weighted by Crippen LogP contribution is -2.49. The average molecular weight is 599 g/mol. The number of methoxy groups -OCH3 is 3. The van der Waals surface area contributed by atoms with Gasteiger partial charge in [0.05, 0.1) is 57.3 Å².